The average Bonchev–Trinajstić information content (AvgIpc) is 3.12. The Balaban J connectivity index is 2.00. The molecule has 0 aliphatic rings. The van der Waals surface area contributed by atoms with Crippen molar-refractivity contribution in [2.24, 2.45) is 0 Å². The fourth-order valence-corrected chi connectivity index (χ4v) is 2.84. The summed E-state index contributed by atoms with van der Waals surface area (Å²) in [6, 6.07) is 12.6. The summed E-state index contributed by atoms with van der Waals surface area (Å²) in [6.45, 7) is 0. The maximum Gasteiger partial charge on any atom is 0.450 e. The van der Waals surface area contributed by atoms with Crippen LogP contribution in [-0.2, 0) is 6.18 Å². The van der Waals surface area contributed by atoms with Crippen molar-refractivity contribution >= 4 is 11.0 Å². The molecule has 0 saturated carbocycles. The van der Waals surface area contributed by atoms with Crippen LogP contribution in [0.4, 0.5) is 13.2 Å². The fourth-order valence-electron chi connectivity index (χ4n) is 2.84. The standard InChI is InChI=1S/C19H11F3N2O3/c20-19(21,22)18-15(16(26)13-7-4-8-14(25)17(13)27-18)11-9-23-24(10-11)12-5-2-1-3-6-12/h1-10,25H. The van der Waals surface area contributed by atoms with Crippen LogP contribution in [0.2, 0.25) is 0 Å². The van der Waals surface area contributed by atoms with Gasteiger partial charge in [-0.1, -0.05) is 24.3 Å². The van der Waals surface area contributed by atoms with Crippen LogP contribution in [0, 0.1) is 0 Å². The molecule has 27 heavy (non-hydrogen) atoms. The molecule has 4 aromatic rings. The Morgan fingerprint density at radius 2 is 1.78 bits per heavy atom. The minimum atomic E-state index is -4.93. The quantitative estimate of drug-likeness (QED) is 0.567. The van der Waals surface area contributed by atoms with Gasteiger partial charge < -0.3 is 9.52 Å². The zero-order valence-corrected chi connectivity index (χ0v) is 13.6. The summed E-state index contributed by atoms with van der Waals surface area (Å²) in [7, 11) is 0. The lowest BCUT2D eigenvalue weighted by Gasteiger charge is -2.12. The molecule has 4 rings (SSSR count). The largest absolute Gasteiger partial charge is 0.504 e. The Bertz CT molecular complexity index is 1190. The predicted molar refractivity (Wildman–Crippen MR) is 91.7 cm³/mol. The number of alkyl halides is 3. The van der Waals surface area contributed by atoms with Gasteiger partial charge in [-0.3, -0.25) is 4.79 Å². The predicted octanol–water partition coefficient (Wildman–Crippen LogP) is 4.37. The molecule has 0 radical (unpaired) electrons. The Morgan fingerprint density at radius 3 is 2.48 bits per heavy atom. The Morgan fingerprint density at radius 1 is 1.04 bits per heavy atom. The molecule has 0 aliphatic carbocycles. The van der Waals surface area contributed by atoms with Crippen molar-refractivity contribution < 1.29 is 22.7 Å². The maximum absolute atomic E-state index is 13.6. The molecular weight excluding hydrogens is 361 g/mol. The van der Waals surface area contributed by atoms with Gasteiger partial charge in [0.15, 0.2) is 11.3 Å². The summed E-state index contributed by atoms with van der Waals surface area (Å²) in [5.41, 5.74) is -1.46. The topological polar surface area (TPSA) is 68.3 Å². The van der Waals surface area contributed by atoms with Crippen LogP contribution in [0.5, 0.6) is 5.75 Å². The molecule has 8 heteroatoms. The number of phenols is 1. The van der Waals surface area contributed by atoms with E-state index in [0.29, 0.717) is 5.69 Å². The number of hydrogen-bond acceptors (Lipinski definition) is 4. The highest BCUT2D eigenvalue weighted by molar-refractivity contribution is 5.86. The Labute approximate surface area is 149 Å². The van der Waals surface area contributed by atoms with Gasteiger partial charge in [-0.05, 0) is 24.3 Å². The molecule has 136 valence electrons. The van der Waals surface area contributed by atoms with Crippen molar-refractivity contribution in [3.63, 3.8) is 0 Å². The number of rotatable bonds is 2. The third-order valence-corrected chi connectivity index (χ3v) is 4.05. The van der Waals surface area contributed by atoms with Gasteiger partial charge >= 0.3 is 6.18 Å². The molecule has 0 saturated heterocycles. The van der Waals surface area contributed by atoms with E-state index in [2.05, 4.69) is 5.10 Å². The van der Waals surface area contributed by atoms with Gasteiger partial charge in [0.05, 0.1) is 22.8 Å². The van der Waals surface area contributed by atoms with Crippen molar-refractivity contribution in [1.82, 2.24) is 9.78 Å². The van der Waals surface area contributed by atoms with Gasteiger partial charge in [0.1, 0.15) is 0 Å². The maximum atomic E-state index is 13.6. The lowest BCUT2D eigenvalue weighted by atomic mass is 10.0. The van der Waals surface area contributed by atoms with E-state index in [1.807, 2.05) is 0 Å². The van der Waals surface area contributed by atoms with E-state index in [4.69, 9.17) is 4.42 Å². The first kappa shape index (κ1) is 16.9. The van der Waals surface area contributed by atoms with Crippen molar-refractivity contribution in [3.8, 4) is 22.6 Å². The summed E-state index contributed by atoms with van der Waals surface area (Å²) >= 11 is 0. The fraction of sp³-hybridized carbons (Fsp3) is 0.0526. The number of phenolic OH excluding ortho intramolecular Hbond substituents is 1. The van der Waals surface area contributed by atoms with E-state index in [1.54, 1.807) is 30.3 Å². The molecule has 0 aliphatic heterocycles. The number of para-hydroxylation sites is 2. The first-order valence-corrected chi connectivity index (χ1v) is 7.82. The van der Waals surface area contributed by atoms with E-state index in [1.165, 1.54) is 29.2 Å². The van der Waals surface area contributed by atoms with Crippen LogP contribution in [0.1, 0.15) is 5.76 Å². The molecule has 0 bridgehead atoms. The highest BCUT2D eigenvalue weighted by atomic mass is 19.4. The second kappa shape index (κ2) is 6.01. The van der Waals surface area contributed by atoms with E-state index in [9.17, 15) is 23.1 Å². The van der Waals surface area contributed by atoms with Crippen molar-refractivity contribution in [2.75, 3.05) is 0 Å². The van der Waals surface area contributed by atoms with Crippen LogP contribution in [0.15, 0.2) is 70.1 Å². The molecule has 2 heterocycles. The highest BCUT2D eigenvalue weighted by Crippen LogP contribution is 2.38. The zero-order chi connectivity index (χ0) is 19.2. The molecule has 2 aromatic heterocycles. The second-order valence-electron chi connectivity index (χ2n) is 5.80. The van der Waals surface area contributed by atoms with E-state index < -0.39 is 34.3 Å². The van der Waals surface area contributed by atoms with E-state index in [-0.39, 0.29) is 10.9 Å². The van der Waals surface area contributed by atoms with Crippen molar-refractivity contribution in [3.05, 3.63) is 76.9 Å². The van der Waals surface area contributed by atoms with Crippen LogP contribution in [0.3, 0.4) is 0 Å². The summed E-state index contributed by atoms with van der Waals surface area (Å²) in [6.07, 6.45) is -2.44. The third-order valence-electron chi connectivity index (χ3n) is 4.05. The first-order chi connectivity index (χ1) is 12.9. The van der Waals surface area contributed by atoms with Crippen molar-refractivity contribution in [2.45, 2.75) is 6.18 Å². The average molecular weight is 372 g/mol. The minimum Gasteiger partial charge on any atom is -0.504 e. The highest BCUT2D eigenvalue weighted by Gasteiger charge is 2.40. The molecule has 1 N–H and O–H groups in total. The van der Waals surface area contributed by atoms with Gasteiger partial charge in [-0.15, -0.1) is 0 Å². The molecule has 0 spiro atoms. The summed E-state index contributed by atoms with van der Waals surface area (Å²) < 4.78 is 47.0. The number of halogens is 3. The molecule has 2 aromatic carbocycles. The van der Waals surface area contributed by atoms with Gasteiger partial charge in [-0.25, -0.2) is 4.68 Å². The summed E-state index contributed by atoms with van der Waals surface area (Å²) in [4.78, 5) is 12.8. The minimum absolute atomic E-state index is 0.0369. The Kier molecular flexibility index (Phi) is 3.76. The summed E-state index contributed by atoms with van der Waals surface area (Å²) in [5, 5.41) is 13.7. The monoisotopic (exact) mass is 372 g/mol. The molecule has 0 unspecified atom stereocenters. The lowest BCUT2D eigenvalue weighted by molar-refractivity contribution is -0.152. The molecule has 0 atom stereocenters. The van der Waals surface area contributed by atoms with Crippen LogP contribution < -0.4 is 5.43 Å². The number of nitrogens with zero attached hydrogens (tertiary/aromatic N) is 2. The molecular formula is C19H11F3N2O3. The summed E-state index contributed by atoms with van der Waals surface area (Å²) in [5.74, 6) is -2.02. The normalized spacial score (nSPS) is 11.8. The number of hydrogen-bond donors (Lipinski definition) is 1. The van der Waals surface area contributed by atoms with Gasteiger partial charge in [0.2, 0.25) is 11.2 Å². The van der Waals surface area contributed by atoms with E-state index in [0.717, 1.165) is 6.07 Å². The molecule has 5 nitrogen and oxygen atoms in total. The van der Waals surface area contributed by atoms with Crippen LogP contribution >= 0.6 is 0 Å². The van der Waals surface area contributed by atoms with Gasteiger partial charge in [0.25, 0.3) is 0 Å². The number of benzene rings is 2. The SMILES string of the molecule is O=c1c(-c2cnn(-c3ccccc3)c2)c(C(F)(F)F)oc2c(O)cccc12. The van der Waals surface area contributed by atoms with Crippen LogP contribution in [-0.4, -0.2) is 14.9 Å². The van der Waals surface area contributed by atoms with Gasteiger partial charge in [-0.2, -0.15) is 18.3 Å². The number of aromatic nitrogens is 2. The van der Waals surface area contributed by atoms with Crippen molar-refractivity contribution in [1.29, 1.82) is 0 Å². The molecule has 0 amide bonds. The first-order valence-electron chi connectivity index (χ1n) is 7.82. The number of fused-ring (bicyclic) bond motifs is 1. The lowest BCUT2D eigenvalue weighted by Crippen LogP contribution is -2.15. The zero-order valence-electron chi connectivity index (χ0n) is 13.6. The molecule has 0 fully saturated rings. The van der Waals surface area contributed by atoms with E-state index >= 15 is 0 Å². The van der Waals surface area contributed by atoms with Crippen LogP contribution in [0.25, 0.3) is 27.8 Å². The van der Waals surface area contributed by atoms with Gasteiger partial charge in [0, 0.05) is 11.8 Å². The smallest absolute Gasteiger partial charge is 0.450 e. The third kappa shape index (κ3) is 2.84. The Hall–Kier alpha value is -3.55. The second-order valence-corrected chi connectivity index (χ2v) is 5.80. The number of aromatic hydroxyl groups is 1.